The zero-order valence-corrected chi connectivity index (χ0v) is 17.8. The van der Waals surface area contributed by atoms with Crippen molar-refractivity contribution in [2.45, 2.75) is 46.0 Å². The van der Waals surface area contributed by atoms with Crippen LogP contribution in [0.15, 0.2) is 56.6 Å². The molecule has 0 radical (unpaired) electrons. The molecule has 0 saturated heterocycles. The van der Waals surface area contributed by atoms with E-state index < -0.39 is 5.91 Å². The van der Waals surface area contributed by atoms with E-state index in [1.165, 1.54) is 11.8 Å². The van der Waals surface area contributed by atoms with E-state index in [1.54, 1.807) is 12.1 Å². The lowest BCUT2D eigenvalue weighted by atomic mass is 9.93. The van der Waals surface area contributed by atoms with Gasteiger partial charge < -0.3 is 14.2 Å². The van der Waals surface area contributed by atoms with Gasteiger partial charge >= 0.3 is 5.91 Å². The van der Waals surface area contributed by atoms with Crippen molar-refractivity contribution in [1.82, 2.24) is 5.43 Å². The smallest absolute Gasteiger partial charge is 0.307 e. The Kier molecular flexibility index (Phi) is 5.75. The normalized spacial score (nSPS) is 14.5. The monoisotopic (exact) mass is 419 g/mol. The van der Waals surface area contributed by atoms with E-state index >= 15 is 0 Å². The summed E-state index contributed by atoms with van der Waals surface area (Å²) >= 11 is 0. The highest BCUT2D eigenvalue weighted by molar-refractivity contribution is 6.09. The third-order valence-electron chi connectivity index (χ3n) is 5.40. The Bertz CT molecular complexity index is 1120. The number of hydrazone groups is 1. The molecule has 1 aliphatic rings. The number of hydrogen-bond acceptors (Lipinski definition) is 5. The third kappa shape index (κ3) is 4.30. The highest BCUT2D eigenvalue weighted by atomic mass is 16.4. The van der Waals surface area contributed by atoms with Crippen molar-refractivity contribution in [2.75, 3.05) is 5.32 Å². The van der Waals surface area contributed by atoms with Crippen LogP contribution in [0.5, 0.6) is 0 Å². The van der Waals surface area contributed by atoms with Gasteiger partial charge in [-0.3, -0.25) is 9.59 Å². The van der Waals surface area contributed by atoms with Crippen LogP contribution in [0, 0.1) is 6.92 Å². The minimum absolute atomic E-state index is 0.188. The van der Waals surface area contributed by atoms with Gasteiger partial charge in [-0.05, 0) is 55.5 Å². The molecule has 1 aromatic carbocycles. The number of amides is 2. The predicted molar refractivity (Wildman–Crippen MR) is 118 cm³/mol. The molecule has 4 rings (SSSR count). The zero-order chi connectivity index (χ0) is 22.0. The molecule has 2 amide bonds. The quantitative estimate of drug-likeness (QED) is 0.567. The Morgan fingerprint density at radius 3 is 2.52 bits per heavy atom. The Morgan fingerprint density at radius 1 is 1.06 bits per heavy atom. The number of furan rings is 2. The fourth-order valence-corrected chi connectivity index (χ4v) is 3.72. The summed E-state index contributed by atoms with van der Waals surface area (Å²) in [6, 6.07) is 11.0. The fraction of sp³-hybridized carbons (Fsp3) is 0.292. The molecule has 0 atom stereocenters. The highest BCUT2D eigenvalue weighted by Crippen LogP contribution is 2.30. The van der Waals surface area contributed by atoms with E-state index in [1.807, 2.05) is 31.2 Å². The number of aryl methyl sites for hydroxylation is 1. The van der Waals surface area contributed by atoms with Crippen molar-refractivity contribution in [2.24, 2.45) is 5.10 Å². The van der Waals surface area contributed by atoms with Gasteiger partial charge in [0.1, 0.15) is 5.76 Å². The van der Waals surface area contributed by atoms with Crippen molar-refractivity contribution in [3.05, 3.63) is 76.6 Å². The van der Waals surface area contributed by atoms with E-state index in [-0.39, 0.29) is 17.4 Å². The molecular formula is C24H25N3O4. The molecule has 31 heavy (non-hydrogen) atoms. The maximum absolute atomic E-state index is 12.9. The van der Waals surface area contributed by atoms with E-state index in [0.717, 1.165) is 29.7 Å². The van der Waals surface area contributed by atoms with Gasteiger partial charge in [0.2, 0.25) is 0 Å². The van der Waals surface area contributed by atoms with Crippen molar-refractivity contribution in [3.63, 3.8) is 0 Å². The number of anilines is 1. The molecule has 0 fully saturated rings. The number of rotatable bonds is 5. The molecule has 2 aromatic heterocycles. The SMILES string of the molecule is Cc1c(C(=O)Nc2ccc(C(C)C)cc2)oc2c1/C(=N/NC(=O)c1ccco1)CCC2. The maximum atomic E-state index is 12.9. The van der Waals surface area contributed by atoms with Gasteiger partial charge in [-0.25, -0.2) is 5.43 Å². The Morgan fingerprint density at radius 2 is 1.84 bits per heavy atom. The molecule has 3 aromatic rings. The molecule has 1 aliphatic carbocycles. The molecule has 7 heteroatoms. The second kappa shape index (κ2) is 8.63. The molecule has 2 N–H and O–H groups in total. The van der Waals surface area contributed by atoms with Crippen LogP contribution in [0.4, 0.5) is 5.69 Å². The van der Waals surface area contributed by atoms with E-state index in [9.17, 15) is 9.59 Å². The minimum Gasteiger partial charge on any atom is -0.459 e. The summed E-state index contributed by atoms with van der Waals surface area (Å²) in [7, 11) is 0. The summed E-state index contributed by atoms with van der Waals surface area (Å²) in [6.45, 7) is 6.09. The molecule has 0 aliphatic heterocycles. The fourth-order valence-electron chi connectivity index (χ4n) is 3.72. The van der Waals surface area contributed by atoms with Crippen LogP contribution in [0.25, 0.3) is 0 Å². The molecule has 0 unspecified atom stereocenters. The van der Waals surface area contributed by atoms with Gasteiger partial charge in [-0.2, -0.15) is 5.10 Å². The van der Waals surface area contributed by atoms with E-state index in [2.05, 4.69) is 29.7 Å². The Labute approximate surface area is 180 Å². The summed E-state index contributed by atoms with van der Waals surface area (Å²) in [4.78, 5) is 25.0. The molecule has 2 heterocycles. The third-order valence-corrected chi connectivity index (χ3v) is 5.40. The standard InChI is InChI=1S/C24H25N3O4/c1-14(2)16-9-11-17(12-10-16)25-24(29)22-15(3)21-18(6-4-7-19(21)31-22)26-27-23(28)20-8-5-13-30-20/h5,8-14H,4,6-7H2,1-3H3,(H,25,29)(H,27,28)/b26-18+. The first kappa shape index (κ1) is 20.7. The van der Waals surface area contributed by atoms with Crippen molar-refractivity contribution in [3.8, 4) is 0 Å². The highest BCUT2D eigenvalue weighted by Gasteiger charge is 2.28. The second-order valence-electron chi connectivity index (χ2n) is 7.92. The topological polar surface area (TPSA) is 96.8 Å². The van der Waals surface area contributed by atoms with Gasteiger partial charge in [0.05, 0.1) is 12.0 Å². The van der Waals surface area contributed by atoms with Crippen LogP contribution in [0.1, 0.15) is 76.2 Å². The molecule has 0 spiro atoms. The van der Waals surface area contributed by atoms with Crippen LogP contribution in [-0.4, -0.2) is 17.5 Å². The van der Waals surface area contributed by atoms with Crippen LogP contribution in [0.2, 0.25) is 0 Å². The lowest BCUT2D eigenvalue weighted by Gasteiger charge is -2.13. The summed E-state index contributed by atoms with van der Waals surface area (Å²) in [5.74, 6) is 0.874. The first-order valence-corrected chi connectivity index (χ1v) is 10.4. The number of nitrogens with one attached hydrogen (secondary N) is 2. The maximum Gasteiger partial charge on any atom is 0.307 e. The zero-order valence-electron chi connectivity index (χ0n) is 17.8. The van der Waals surface area contributed by atoms with Crippen LogP contribution in [-0.2, 0) is 6.42 Å². The Hall–Kier alpha value is -3.61. The largest absolute Gasteiger partial charge is 0.459 e. The van der Waals surface area contributed by atoms with Gasteiger partial charge in [0, 0.05) is 23.2 Å². The molecular weight excluding hydrogens is 394 g/mol. The van der Waals surface area contributed by atoms with E-state index in [0.29, 0.717) is 23.7 Å². The van der Waals surface area contributed by atoms with Crippen molar-refractivity contribution >= 4 is 23.2 Å². The first-order valence-electron chi connectivity index (χ1n) is 10.4. The van der Waals surface area contributed by atoms with Crippen molar-refractivity contribution < 1.29 is 18.4 Å². The molecule has 0 saturated carbocycles. The van der Waals surface area contributed by atoms with Crippen LogP contribution < -0.4 is 10.7 Å². The summed E-state index contributed by atoms with van der Waals surface area (Å²) in [5.41, 5.74) is 6.66. The number of fused-ring (bicyclic) bond motifs is 1. The lowest BCUT2D eigenvalue weighted by Crippen LogP contribution is -2.21. The predicted octanol–water partition coefficient (Wildman–Crippen LogP) is 5.03. The first-order chi connectivity index (χ1) is 14.9. The van der Waals surface area contributed by atoms with Crippen LogP contribution in [0.3, 0.4) is 0 Å². The molecule has 160 valence electrons. The number of hydrogen-bond donors (Lipinski definition) is 2. The molecule has 7 nitrogen and oxygen atoms in total. The number of nitrogens with zero attached hydrogens (tertiary/aromatic N) is 1. The summed E-state index contributed by atoms with van der Waals surface area (Å²) < 4.78 is 11.0. The number of carbonyl (C=O) groups excluding carboxylic acids is 2. The van der Waals surface area contributed by atoms with Crippen LogP contribution >= 0.6 is 0 Å². The minimum atomic E-state index is -0.423. The number of benzene rings is 1. The van der Waals surface area contributed by atoms with Crippen molar-refractivity contribution in [1.29, 1.82) is 0 Å². The molecule has 0 bridgehead atoms. The van der Waals surface area contributed by atoms with Gasteiger partial charge in [0.15, 0.2) is 11.5 Å². The average molecular weight is 419 g/mol. The average Bonchev–Trinajstić information content (AvgIpc) is 3.41. The Balaban J connectivity index is 1.54. The van der Waals surface area contributed by atoms with Gasteiger partial charge in [-0.1, -0.05) is 26.0 Å². The number of carbonyl (C=O) groups is 2. The van der Waals surface area contributed by atoms with Gasteiger partial charge in [0.25, 0.3) is 5.91 Å². The van der Waals surface area contributed by atoms with Gasteiger partial charge in [-0.15, -0.1) is 0 Å². The summed E-state index contributed by atoms with van der Waals surface area (Å²) in [5, 5.41) is 7.19. The van der Waals surface area contributed by atoms with E-state index in [4.69, 9.17) is 8.83 Å². The second-order valence-corrected chi connectivity index (χ2v) is 7.92. The lowest BCUT2D eigenvalue weighted by molar-refractivity contribution is 0.0926. The summed E-state index contributed by atoms with van der Waals surface area (Å²) in [6.07, 6.45) is 3.66.